The topological polar surface area (TPSA) is 118 Å². The zero-order chi connectivity index (χ0) is 22.7. The molecule has 1 heterocycles. The van der Waals surface area contributed by atoms with Crippen LogP contribution in [0.1, 0.15) is 27.6 Å². The van der Waals surface area contributed by atoms with Gasteiger partial charge in [-0.25, -0.2) is 9.59 Å². The van der Waals surface area contributed by atoms with E-state index in [4.69, 9.17) is 20.8 Å². The lowest BCUT2D eigenvalue weighted by atomic mass is 9.98. The summed E-state index contributed by atoms with van der Waals surface area (Å²) in [5.74, 6) is -2.20. The van der Waals surface area contributed by atoms with Crippen molar-refractivity contribution in [3.05, 3.63) is 82.8 Å². The third kappa shape index (κ3) is 4.45. The number of amides is 2. The Morgan fingerprint density at radius 2 is 1.62 bits per heavy atom. The number of aliphatic carboxylic acids is 1. The van der Waals surface area contributed by atoms with Gasteiger partial charge in [-0.1, -0.05) is 48.5 Å². The molecule has 0 radical (unpaired) electrons. The molecule has 9 heteroatoms. The van der Waals surface area contributed by atoms with E-state index in [-0.39, 0.29) is 30.0 Å². The second kappa shape index (κ2) is 9.15. The minimum atomic E-state index is -1.39. The molecule has 1 atom stereocenters. The Hall–Kier alpha value is -3.78. The highest BCUT2D eigenvalue weighted by Gasteiger charge is 2.30. The van der Waals surface area contributed by atoms with Crippen molar-refractivity contribution in [2.75, 3.05) is 13.2 Å². The lowest BCUT2D eigenvalue weighted by Crippen LogP contribution is -2.48. The van der Waals surface area contributed by atoms with Gasteiger partial charge in [-0.05, 0) is 46.0 Å². The molecule has 0 saturated heterocycles. The normalized spacial score (nSPS) is 13.0. The maximum atomic E-state index is 12.3. The average Bonchev–Trinajstić information content (AvgIpc) is 3.36. The molecule has 1 aromatic heterocycles. The van der Waals surface area contributed by atoms with Gasteiger partial charge < -0.3 is 24.9 Å². The van der Waals surface area contributed by atoms with Crippen LogP contribution in [-0.2, 0) is 9.53 Å². The van der Waals surface area contributed by atoms with E-state index in [1.807, 2.05) is 48.5 Å². The second-order valence-electron chi connectivity index (χ2n) is 7.17. The maximum absolute atomic E-state index is 12.3. The fraction of sp³-hybridized carbons (Fsp3) is 0.174. The number of halogens is 1. The Kier molecular flexibility index (Phi) is 6.13. The Balaban J connectivity index is 1.36. The second-order valence-corrected chi connectivity index (χ2v) is 7.55. The Morgan fingerprint density at radius 1 is 1.00 bits per heavy atom. The Bertz CT molecular complexity index is 1130. The zero-order valence-electron chi connectivity index (χ0n) is 16.7. The number of alkyl carbamates (subject to hydrolysis) is 1. The molecule has 0 saturated carbocycles. The number of fused-ring (bicyclic) bond motifs is 3. The number of ether oxygens (including phenoxy) is 1. The van der Waals surface area contributed by atoms with Gasteiger partial charge >= 0.3 is 12.1 Å². The highest BCUT2D eigenvalue weighted by molar-refractivity contribution is 6.29. The fourth-order valence-electron chi connectivity index (χ4n) is 3.70. The molecule has 4 rings (SSSR count). The molecule has 2 amide bonds. The predicted molar refractivity (Wildman–Crippen MR) is 116 cm³/mol. The van der Waals surface area contributed by atoms with Crippen molar-refractivity contribution in [2.24, 2.45) is 0 Å². The van der Waals surface area contributed by atoms with Crippen molar-refractivity contribution in [2.45, 2.75) is 12.0 Å². The van der Waals surface area contributed by atoms with Crippen molar-refractivity contribution in [1.29, 1.82) is 0 Å². The third-order valence-corrected chi connectivity index (χ3v) is 5.40. The van der Waals surface area contributed by atoms with E-state index >= 15 is 0 Å². The molecule has 1 aliphatic rings. The molecule has 3 N–H and O–H groups in total. The molecule has 3 aromatic rings. The van der Waals surface area contributed by atoms with Gasteiger partial charge in [-0.2, -0.15) is 0 Å². The number of nitrogens with one attached hydrogen (secondary N) is 2. The van der Waals surface area contributed by atoms with Gasteiger partial charge in [-0.3, -0.25) is 4.79 Å². The number of carbonyl (C=O) groups excluding carboxylic acids is 2. The van der Waals surface area contributed by atoms with Crippen molar-refractivity contribution in [3.8, 4) is 11.1 Å². The van der Waals surface area contributed by atoms with Gasteiger partial charge in [0.2, 0.25) is 0 Å². The van der Waals surface area contributed by atoms with Crippen LogP contribution in [0.2, 0.25) is 5.22 Å². The van der Waals surface area contributed by atoms with Crippen molar-refractivity contribution >= 4 is 29.6 Å². The lowest BCUT2D eigenvalue weighted by Gasteiger charge is -2.17. The first kappa shape index (κ1) is 21.5. The van der Waals surface area contributed by atoms with Crippen LogP contribution in [0.15, 0.2) is 65.1 Å². The van der Waals surface area contributed by atoms with E-state index < -0.39 is 24.0 Å². The first-order valence-corrected chi connectivity index (χ1v) is 10.2. The lowest BCUT2D eigenvalue weighted by molar-refractivity contribution is -0.139. The van der Waals surface area contributed by atoms with Crippen LogP contribution in [0.25, 0.3) is 11.1 Å². The third-order valence-electron chi connectivity index (χ3n) is 5.20. The number of benzene rings is 2. The molecule has 32 heavy (non-hydrogen) atoms. The minimum absolute atomic E-state index is 0.0293. The SMILES string of the molecule is O=C(N[C@@H](CNC(=O)c1ccc(Cl)o1)C(=O)O)OCC1c2ccccc2-c2ccccc21. The van der Waals surface area contributed by atoms with Crippen molar-refractivity contribution < 1.29 is 28.6 Å². The Morgan fingerprint density at radius 3 is 2.19 bits per heavy atom. The summed E-state index contributed by atoms with van der Waals surface area (Å²) in [6.45, 7) is -0.319. The summed E-state index contributed by atoms with van der Waals surface area (Å²) < 4.78 is 10.3. The van der Waals surface area contributed by atoms with Gasteiger partial charge in [-0.15, -0.1) is 0 Å². The summed E-state index contributed by atoms with van der Waals surface area (Å²) in [6.07, 6.45) is -0.894. The molecule has 0 aliphatic heterocycles. The number of rotatable bonds is 7. The molecule has 0 unspecified atom stereocenters. The summed E-state index contributed by atoms with van der Waals surface area (Å²) in [5.41, 5.74) is 4.25. The van der Waals surface area contributed by atoms with Crippen molar-refractivity contribution in [1.82, 2.24) is 10.6 Å². The van der Waals surface area contributed by atoms with Gasteiger partial charge in [0.1, 0.15) is 12.6 Å². The van der Waals surface area contributed by atoms with Gasteiger partial charge in [0, 0.05) is 12.5 Å². The van der Waals surface area contributed by atoms with E-state index in [2.05, 4.69) is 10.6 Å². The van der Waals surface area contributed by atoms with Crippen LogP contribution in [0, 0.1) is 0 Å². The van der Waals surface area contributed by atoms with E-state index in [1.54, 1.807) is 0 Å². The van der Waals surface area contributed by atoms with Crippen LogP contribution >= 0.6 is 11.6 Å². The van der Waals surface area contributed by atoms with Crippen LogP contribution < -0.4 is 10.6 Å². The molecule has 8 nitrogen and oxygen atoms in total. The molecule has 0 spiro atoms. The molecular formula is C23H19ClN2O6. The average molecular weight is 455 g/mol. The monoisotopic (exact) mass is 454 g/mol. The van der Waals surface area contributed by atoms with Crippen LogP contribution in [-0.4, -0.2) is 42.3 Å². The summed E-state index contributed by atoms with van der Waals surface area (Å²) >= 11 is 5.62. The highest BCUT2D eigenvalue weighted by atomic mass is 35.5. The van der Waals surface area contributed by atoms with Crippen LogP contribution in [0.5, 0.6) is 0 Å². The number of carbonyl (C=O) groups is 3. The molecule has 0 fully saturated rings. The van der Waals surface area contributed by atoms with Crippen molar-refractivity contribution in [3.63, 3.8) is 0 Å². The summed E-state index contributed by atoms with van der Waals surface area (Å²) in [4.78, 5) is 35.8. The number of hydrogen-bond donors (Lipinski definition) is 3. The first-order chi connectivity index (χ1) is 15.4. The largest absolute Gasteiger partial charge is 0.480 e. The standard InChI is InChI=1S/C23H19ClN2O6/c24-20-10-9-19(32-20)21(27)25-11-18(22(28)29)26-23(30)31-12-17-15-7-3-1-5-13(15)14-6-2-4-8-16(14)17/h1-10,17-18H,11-12H2,(H,25,27)(H,26,30)(H,28,29)/t18-/m0/s1. The number of carboxylic acids is 1. The van der Waals surface area contributed by atoms with Crippen LogP contribution in [0.4, 0.5) is 4.79 Å². The molecule has 0 bridgehead atoms. The molecule has 164 valence electrons. The smallest absolute Gasteiger partial charge is 0.407 e. The van der Waals surface area contributed by atoms with E-state index in [0.29, 0.717) is 0 Å². The number of hydrogen-bond acceptors (Lipinski definition) is 5. The quantitative estimate of drug-likeness (QED) is 0.501. The van der Waals surface area contributed by atoms with Gasteiger partial charge in [0.05, 0.1) is 0 Å². The molecule has 2 aromatic carbocycles. The maximum Gasteiger partial charge on any atom is 0.407 e. The van der Waals surface area contributed by atoms with Gasteiger partial charge in [0.25, 0.3) is 5.91 Å². The van der Waals surface area contributed by atoms with E-state index in [1.165, 1.54) is 12.1 Å². The zero-order valence-corrected chi connectivity index (χ0v) is 17.5. The van der Waals surface area contributed by atoms with E-state index in [0.717, 1.165) is 22.3 Å². The number of carboxylic acid groups (broad SMARTS) is 1. The predicted octanol–water partition coefficient (Wildman–Crippen LogP) is 3.65. The Labute approximate surface area is 188 Å². The number of furan rings is 1. The first-order valence-electron chi connectivity index (χ1n) is 9.82. The van der Waals surface area contributed by atoms with Crippen LogP contribution in [0.3, 0.4) is 0 Å². The summed E-state index contributed by atoms with van der Waals surface area (Å²) in [5, 5.41) is 14.1. The van der Waals surface area contributed by atoms with E-state index in [9.17, 15) is 19.5 Å². The molecular weight excluding hydrogens is 436 g/mol. The highest BCUT2D eigenvalue weighted by Crippen LogP contribution is 2.44. The fourth-order valence-corrected chi connectivity index (χ4v) is 3.85. The summed E-state index contributed by atoms with van der Waals surface area (Å²) in [7, 11) is 0. The molecule has 1 aliphatic carbocycles. The minimum Gasteiger partial charge on any atom is -0.480 e. The summed E-state index contributed by atoms with van der Waals surface area (Å²) in [6, 6.07) is 17.1. The van der Waals surface area contributed by atoms with Gasteiger partial charge in [0.15, 0.2) is 11.0 Å².